The average molecular weight is 324 g/mol. The van der Waals surface area contributed by atoms with E-state index in [9.17, 15) is 9.59 Å². The van der Waals surface area contributed by atoms with Crippen molar-refractivity contribution < 1.29 is 9.59 Å². The van der Waals surface area contributed by atoms with E-state index >= 15 is 0 Å². The quantitative estimate of drug-likeness (QED) is 0.860. The maximum atomic E-state index is 12.4. The fraction of sp³-hybridized carbons (Fsp3) is 0.111. The number of carbonyl (C=O) groups excluding carboxylic acids is 2. The Kier molecular flexibility index (Phi) is 4.48. The molecule has 1 fully saturated rings. The summed E-state index contributed by atoms with van der Waals surface area (Å²) in [6, 6.07) is 17.3. The van der Waals surface area contributed by atoms with Crippen molar-refractivity contribution in [1.29, 1.82) is 0 Å². The van der Waals surface area contributed by atoms with E-state index in [0.29, 0.717) is 4.91 Å². The molecule has 1 aliphatic heterocycles. The van der Waals surface area contributed by atoms with Crippen molar-refractivity contribution in [3.8, 4) is 0 Å². The van der Waals surface area contributed by atoms with Gasteiger partial charge in [0.2, 0.25) is 0 Å². The predicted molar refractivity (Wildman–Crippen MR) is 93.9 cm³/mol. The minimum atomic E-state index is -0.260. The lowest BCUT2D eigenvalue weighted by atomic mass is 10.2. The molecule has 0 bridgehead atoms. The summed E-state index contributed by atoms with van der Waals surface area (Å²) in [6.45, 7) is 2.16. The number of rotatable bonds is 4. The fourth-order valence-corrected chi connectivity index (χ4v) is 3.10. The summed E-state index contributed by atoms with van der Waals surface area (Å²) < 4.78 is 0. The number of carbonyl (C=O) groups is 2. The van der Waals surface area contributed by atoms with Crippen LogP contribution in [0.3, 0.4) is 0 Å². The van der Waals surface area contributed by atoms with Crippen LogP contribution in [0.4, 0.5) is 10.5 Å². The first-order valence-electron chi connectivity index (χ1n) is 7.24. The van der Waals surface area contributed by atoms with Gasteiger partial charge in [-0.15, -0.1) is 0 Å². The smallest absolute Gasteiger partial charge is 0.295 e. The van der Waals surface area contributed by atoms with Gasteiger partial charge in [0.25, 0.3) is 11.1 Å². The minimum Gasteiger partial charge on any atom is -0.367 e. The molecule has 23 heavy (non-hydrogen) atoms. The Bertz CT molecular complexity index is 772. The molecule has 2 aromatic rings. The molecule has 0 unspecified atom stereocenters. The molecular formula is C18H16N2O2S. The Hall–Kier alpha value is -2.53. The molecule has 116 valence electrons. The molecule has 0 aromatic heterocycles. The number of thioether (sulfide) groups is 1. The maximum Gasteiger partial charge on any atom is 0.295 e. The van der Waals surface area contributed by atoms with Crippen LogP contribution in [0.15, 0.2) is 59.5 Å². The Balaban J connectivity index is 1.70. The third-order valence-corrected chi connectivity index (χ3v) is 4.34. The maximum absolute atomic E-state index is 12.4. The summed E-state index contributed by atoms with van der Waals surface area (Å²) in [4.78, 5) is 26.1. The zero-order valence-corrected chi connectivity index (χ0v) is 13.5. The van der Waals surface area contributed by atoms with E-state index in [1.54, 1.807) is 6.08 Å². The number of hydrogen-bond acceptors (Lipinski definition) is 4. The summed E-state index contributed by atoms with van der Waals surface area (Å²) in [5, 5.41) is 2.86. The molecule has 0 saturated carbocycles. The van der Waals surface area contributed by atoms with Gasteiger partial charge >= 0.3 is 0 Å². The van der Waals surface area contributed by atoms with Crippen LogP contribution >= 0.6 is 11.8 Å². The zero-order chi connectivity index (χ0) is 16.2. The molecule has 5 heteroatoms. The average Bonchev–Trinajstić information content (AvgIpc) is 2.80. The molecule has 1 aliphatic rings. The molecule has 1 saturated heterocycles. The first kappa shape index (κ1) is 15.4. The lowest BCUT2D eigenvalue weighted by Gasteiger charge is -2.14. The van der Waals surface area contributed by atoms with Gasteiger partial charge in [-0.05, 0) is 48.0 Å². The Morgan fingerprint density at radius 3 is 2.61 bits per heavy atom. The molecule has 0 aliphatic carbocycles. The number of imide groups is 1. The molecule has 1 heterocycles. The molecule has 1 N–H and O–H groups in total. The second-order valence-electron chi connectivity index (χ2n) is 5.22. The minimum absolute atomic E-state index is 0.167. The number of amides is 2. The van der Waals surface area contributed by atoms with E-state index in [4.69, 9.17) is 0 Å². The molecule has 2 amide bonds. The first-order valence-corrected chi connectivity index (χ1v) is 8.06. The fourth-order valence-electron chi connectivity index (χ4n) is 2.26. The lowest BCUT2D eigenvalue weighted by Crippen LogP contribution is -2.33. The molecule has 4 nitrogen and oxygen atoms in total. The number of aryl methyl sites for hydroxylation is 1. The number of hydrogen-bond donors (Lipinski definition) is 1. The highest BCUT2D eigenvalue weighted by molar-refractivity contribution is 8.18. The van der Waals surface area contributed by atoms with Crippen LogP contribution in [0.2, 0.25) is 0 Å². The molecule has 0 spiro atoms. The van der Waals surface area contributed by atoms with Crippen LogP contribution in [0, 0.1) is 6.92 Å². The van der Waals surface area contributed by atoms with Gasteiger partial charge in [0, 0.05) is 5.69 Å². The van der Waals surface area contributed by atoms with Crippen LogP contribution in [-0.4, -0.2) is 22.7 Å². The molecule has 3 rings (SSSR count). The van der Waals surface area contributed by atoms with E-state index in [2.05, 4.69) is 5.32 Å². The van der Waals surface area contributed by atoms with E-state index in [1.807, 2.05) is 61.5 Å². The topological polar surface area (TPSA) is 49.4 Å². The zero-order valence-electron chi connectivity index (χ0n) is 12.7. The van der Waals surface area contributed by atoms with E-state index in [-0.39, 0.29) is 17.8 Å². The first-order chi connectivity index (χ1) is 11.1. The highest BCUT2D eigenvalue weighted by Gasteiger charge is 2.34. The van der Waals surface area contributed by atoms with Crippen LogP contribution in [0.5, 0.6) is 0 Å². The van der Waals surface area contributed by atoms with Gasteiger partial charge in [0.1, 0.15) is 0 Å². The van der Waals surface area contributed by atoms with Crippen LogP contribution in [0.25, 0.3) is 6.08 Å². The molecular weight excluding hydrogens is 308 g/mol. The van der Waals surface area contributed by atoms with Crippen molar-refractivity contribution in [3.63, 3.8) is 0 Å². The Morgan fingerprint density at radius 1 is 1.09 bits per heavy atom. The number of anilines is 1. The van der Waals surface area contributed by atoms with Crippen molar-refractivity contribution in [3.05, 3.63) is 70.6 Å². The SMILES string of the molecule is Cc1cccc(NCN2C(=O)S/C(=C/c3ccccc3)C2=O)c1. The van der Waals surface area contributed by atoms with Crippen molar-refractivity contribution in [2.75, 3.05) is 12.0 Å². The standard InChI is InChI=1S/C18H16N2O2S/c1-13-6-5-9-15(10-13)19-12-20-17(21)16(23-18(20)22)11-14-7-3-2-4-8-14/h2-11,19H,12H2,1H3/b16-11+. The van der Waals surface area contributed by atoms with Gasteiger partial charge in [0.15, 0.2) is 0 Å². The van der Waals surface area contributed by atoms with Gasteiger partial charge in [-0.25, -0.2) is 0 Å². The number of nitrogens with one attached hydrogen (secondary N) is 1. The van der Waals surface area contributed by atoms with Crippen molar-refractivity contribution in [2.45, 2.75) is 6.92 Å². The Morgan fingerprint density at radius 2 is 1.87 bits per heavy atom. The van der Waals surface area contributed by atoms with Crippen molar-refractivity contribution >= 4 is 34.7 Å². The van der Waals surface area contributed by atoms with Gasteiger partial charge < -0.3 is 5.32 Å². The highest BCUT2D eigenvalue weighted by Crippen LogP contribution is 2.32. The molecule has 2 aromatic carbocycles. The molecule has 0 radical (unpaired) electrons. The largest absolute Gasteiger partial charge is 0.367 e. The lowest BCUT2D eigenvalue weighted by molar-refractivity contribution is -0.122. The monoisotopic (exact) mass is 324 g/mol. The van der Waals surface area contributed by atoms with Crippen molar-refractivity contribution in [1.82, 2.24) is 4.90 Å². The van der Waals surface area contributed by atoms with Crippen LogP contribution in [-0.2, 0) is 4.79 Å². The van der Waals surface area contributed by atoms with Gasteiger partial charge in [-0.1, -0.05) is 42.5 Å². The van der Waals surface area contributed by atoms with Gasteiger partial charge in [-0.2, -0.15) is 0 Å². The summed E-state index contributed by atoms with van der Waals surface area (Å²) in [5.74, 6) is -0.260. The summed E-state index contributed by atoms with van der Waals surface area (Å²) in [5.41, 5.74) is 2.91. The summed E-state index contributed by atoms with van der Waals surface area (Å²) in [6.07, 6.45) is 1.75. The summed E-state index contributed by atoms with van der Waals surface area (Å²) in [7, 11) is 0. The predicted octanol–water partition coefficient (Wildman–Crippen LogP) is 4.10. The highest BCUT2D eigenvalue weighted by atomic mass is 32.2. The third-order valence-electron chi connectivity index (χ3n) is 3.43. The third kappa shape index (κ3) is 3.63. The molecule has 0 atom stereocenters. The Labute approximate surface area is 139 Å². The number of nitrogens with zero attached hydrogens (tertiary/aromatic N) is 1. The van der Waals surface area contributed by atoms with Gasteiger partial charge in [-0.3, -0.25) is 14.5 Å². The van der Waals surface area contributed by atoms with E-state index in [0.717, 1.165) is 28.6 Å². The van der Waals surface area contributed by atoms with Crippen molar-refractivity contribution in [2.24, 2.45) is 0 Å². The summed E-state index contributed by atoms with van der Waals surface area (Å²) >= 11 is 0.973. The second-order valence-corrected chi connectivity index (χ2v) is 6.22. The van der Waals surface area contributed by atoms with E-state index < -0.39 is 0 Å². The van der Waals surface area contributed by atoms with Crippen LogP contribution in [0.1, 0.15) is 11.1 Å². The van der Waals surface area contributed by atoms with E-state index in [1.165, 1.54) is 4.90 Å². The number of benzene rings is 2. The van der Waals surface area contributed by atoms with Crippen LogP contribution < -0.4 is 5.32 Å². The van der Waals surface area contributed by atoms with Gasteiger partial charge in [0.05, 0.1) is 11.6 Å². The second kappa shape index (κ2) is 6.71. The normalized spacial score (nSPS) is 16.2.